The number of carbonyl (C=O) groups is 2. The van der Waals surface area contributed by atoms with E-state index in [0.29, 0.717) is 5.56 Å². The Labute approximate surface area is 147 Å². The zero-order valence-electron chi connectivity index (χ0n) is 13.6. The number of amides is 2. The van der Waals surface area contributed by atoms with Gasteiger partial charge in [-0.3, -0.25) is 14.6 Å². The predicted molar refractivity (Wildman–Crippen MR) is 89.7 cm³/mol. The normalized spacial score (nSPS) is 15.3. The van der Waals surface area contributed by atoms with Crippen molar-refractivity contribution in [3.63, 3.8) is 0 Å². The Morgan fingerprint density at radius 2 is 1.80 bits per heavy atom. The van der Waals surface area contributed by atoms with Crippen molar-refractivity contribution < 1.29 is 18.4 Å². The van der Waals surface area contributed by atoms with Crippen molar-refractivity contribution in [3.8, 4) is 0 Å². The molecule has 1 aliphatic rings. The van der Waals surface area contributed by atoms with E-state index in [4.69, 9.17) is 0 Å². The summed E-state index contributed by atoms with van der Waals surface area (Å²) in [4.78, 5) is 30.9. The summed E-state index contributed by atoms with van der Waals surface area (Å²) in [6, 6.07) is 4.40. The van der Waals surface area contributed by atoms with Gasteiger partial charge >= 0.3 is 5.92 Å². The van der Waals surface area contributed by atoms with Crippen LogP contribution < -0.4 is 0 Å². The summed E-state index contributed by atoms with van der Waals surface area (Å²) >= 11 is 1.42. The van der Waals surface area contributed by atoms with Gasteiger partial charge in [-0.05, 0) is 30.0 Å². The summed E-state index contributed by atoms with van der Waals surface area (Å²) in [6.07, 6.45) is 1.31. The minimum atomic E-state index is -3.67. The van der Waals surface area contributed by atoms with E-state index < -0.39 is 17.5 Å². The molecular formula is C17H17F2N3O2S. The molecular weight excluding hydrogens is 348 g/mol. The topological polar surface area (TPSA) is 53.5 Å². The lowest BCUT2D eigenvalue weighted by Crippen LogP contribution is -2.53. The number of nitrogens with zero attached hydrogens (tertiary/aromatic N) is 3. The van der Waals surface area contributed by atoms with Gasteiger partial charge in [0.05, 0.1) is 5.56 Å². The monoisotopic (exact) mass is 365 g/mol. The number of hydrogen-bond acceptors (Lipinski definition) is 4. The maximum atomic E-state index is 14.4. The number of pyridine rings is 1. The van der Waals surface area contributed by atoms with Crippen LogP contribution in [0.4, 0.5) is 8.78 Å². The molecule has 2 amide bonds. The van der Waals surface area contributed by atoms with Gasteiger partial charge in [-0.15, -0.1) is 0 Å². The predicted octanol–water partition coefficient (Wildman–Crippen LogP) is 2.53. The van der Waals surface area contributed by atoms with Crippen molar-refractivity contribution in [2.75, 3.05) is 26.2 Å². The molecule has 5 nitrogen and oxygen atoms in total. The summed E-state index contributed by atoms with van der Waals surface area (Å²) in [5.41, 5.74) is 0.770. The van der Waals surface area contributed by atoms with E-state index in [2.05, 4.69) is 4.98 Å². The van der Waals surface area contributed by atoms with Crippen LogP contribution in [0.5, 0.6) is 0 Å². The average molecular weight is 365 g/mol. The van der Waals surface area contributed by atoms with Gasteiger partial charge in [0.15, 0.2) is 0 Å². The smallest absolute Gasteiger partial charge is 0.335 e. The first kappa shape index (κ1) is 17.5. The molecule has 1 aliphatic heterocycles. The molecule has 25 heavy (non-hydrogen) atoms. The number of aryl methyl sites for hydroxylation is 1. The number of piperazine rings is 1. The Balaban J connectivity index is 1.65. The fourth-order valence-electron chi connectivity index (χ4n) is 2.64. The van der Waals surface area contributed by atoms with E-state index in [-0.39, 0.29) is 32.1 Å². The number of carbonyl (C=O) groups excluding carboxylic acids is 2. The minimum Gasteiger partial charge on any atom is -0.335 e. The van der Waals surface area contributed by atoms with Gasteiger partial charge in [0.1, 0.15) is 5.69 Å². The molecule has 2 aromatic rings. The van der Waals surface area contributed by atoms with Crippen molar-refractivity contribution in [2.45, 2.75) is 12.8 Å². The molecule has 0 spiro atoms. The van der Waals surface area contributed by atoms with E-state index in [1.54, 1.807) is 23.3 Å². The fourth-order valence-corrected chi connectivity index (χ4v) is 3.27. The van der Waals surface area contributed by atoms with Crippen LogP contribution in [-0.4, -0.2) is 52.8 Å². The van der Waals surface area contributed by atoms with E-state index >= 15 is 0 Å². The van der Waals surface area contributed by atoms with E-state index in [9.17, 15) is 18.4 Å². The molecule has 0 atom stereocenters. The Kier molecular flexibility index (Phi) is 4.80. The first-order valence-electron chi connectivity index (χ1n) is 7.81. The molecule has 2 aromatic heterocycles. The van der Waals surface area contributed by atoms with Crippen LogP contribution in [0.25, 0.3) is 0 Å². The summed E-state index contributed by atoms with van der Waals surface area (Å²) in [6.45, 7) is 2.36. The zero-order chi connectivity index (χ0) is 18.0. The van der Waals surface area contributed by atoms with Crippen LogP contribution in [0.3, 0.4) is 0 Å². The zero-order valence-corrected chi connectivity index (χ0v) is 14.4. The van der Waals surface area contributed by atoms with Gasteiger partial charge in [-0.2, -0.15) is 20.1 Å². The molecule has 3 rings (SSSR count). The van der Waals surface area contributed by atoms with Gasteiger partial charge in [0.25, 0.3) is 11.8 Å². The fraction of sp³-hybridized carbons (Fsp3) is 0.353. The number of thiophene rings is 1. The van der Waals surface area contributed by atoms with E-state index in [1.807, 2.05) is 5.38 Å². The average Bonchev–Trinajstić information content (AvgIpc) is 3.15. The van der Waals surface area contributed by atoms with Crippen molar-refractivity contribution in [1.29, 1.82) is 0 Å². The molecule has 8 heteroatoms. The first-order valence-corrected chi connectivity index (χ1v) is 8.75. The third kappa shape index (κ3) is 3.53. The molecule has 0 N–H and O–H groups in total. The van der Waals surface area contributed by atoms with Gasteiger partial charge in [0, 0.05) is 37.8 Å². The van der Waals surface area contributed by atoms with Gasteiger partial charge in [-0.1, -0.05) is 6.07 Å². The van der Waals surface area contributed by atoms with Crippen molar-refractivity contribution >= 4 is 23.2 Å². The highest BCUT2D eigenvalue weighted by atomic mass is 32.1. The maximum absolute atomic E-state index is 14.4. The number of aromatic nitrogens is 1. The first-order chi connectivity index (χ1) is 11.9. The molecule has 0 bridgehead atoms. The molecule has 0 unspecified atom stereocenters. The second-order valence-corrected chi connectivity index (χ2v) is 6.67. The highest BCUT2D eigenvalue weighted by Gasteiger charge is 2.46. The molecule has 0 radical (unpaired) electrons. The Bertz CT molecular complexity index is 755. The second kappa shape index (κ2) is 6.87. The highest BCUT2D eigenvalue weighted by Crippen LogP contribution is 2.29. The van der Waals surface area contributed by atoms with E-state index in [1.165, 1.54) is 29.7 Å². The largest absolute Gasteiger partial charge is 0.366 e. The van der Waals surface area contributed by atoms with Gasteiger partial charge < -0.3 is 9.80 Å². The Morgan fingerprint density at radius 1 is 1.12 bits per heavy atom. The maximum Gasteiger partial charge on any atom is 0.366 e. The molecule has 0 aromatic carbocycles. The molecule has 0 saturated carbocycles. The number of hydrogen-bond donors (Lipinski definition) is 0. The summed E-state index contributed by atoms with van der Waals surface area (Å²) in [7, 11) is 0. The van der Waals surface area contributed by atoms with Crippen LogP contribution in [0.1, 0.15) is 21.6 Å². The van der Waals surface area contributed by atoms with E-state index in [0.717, 1.165) is 10.5 Å². The van der Waals surface area contributed by atoms with Crippen LogP contribution in [0.2, 0.25) is 0 Å². The molecule has 0 aliphatic carbocycles. The summed E-state index contributed by atoms with van der Waals surface area (Å²) in [5.74, 6) is -5.08. The lowest BCUT2D eigenvalue weighted by Gasteiger charge is -2.36. The highest BCUT2D eigenvalue weighted by molar-refractivity contribution is 7.08. The van der Waals surface area contributed by atoms with Crippen LogP contribution in [-0.2, 0) is 10.7 Å². The summed E-state index contributed by atoms with van der Waals surface area (Å²) < 4.78 is 28.8. The Morgan fingerprint density at radius 3 is 2.36 bits per heavy atom. The quantitative estimate of drug-likeness (QED) is 0.840. The number of halogens is 2. The number of rotatable bonds is 3. The molecule has 1 fully saturated rings. The van der Waals surface area contributed by atoms with Crippen molar-refractivity contribution in [1.82, 2.24) is 14.8 Å². The number of alkyl halides is 2. The minimum absolute atomic E-state index is 0.0795. The van der Waals surface area contributed by atoms with Crippen LogP contribution in [0, 0.1) is 6.92 Å². The molecule has 3 heterocycles. The second-order valence-electron chi connectivity index (χ2n) is 5.89. The molecule has 132 valence electrons. The summed E-state index contributed by atoms with van der Waals surface area (Å²) in [5, 5.41) is 3.55. The SMILES string of the molecule is Cc1ccc(C(F)(F)C(=O)N2CCN(C(=O)c3ccsc3)CC2)nc1. The van der Waals surface area contributed by atoms with Crippen LogP contribution in [0.15, 0.2) is 35.2 Å². The lowest BCUT2D eigenvalue weighted by molar-refractivity contribution is -0.161. The van der Waals surface area contributed by atoms with Gasteiger partial charge in [-0.25, -0.2) is 0 Å². The van der Waals surface area contributed by atoms with Crippen molar-refractivity contribution in [3.05, 3.63) is 52.0 Å². The molecule has 1 saturated heterocycles. The standard InChI is InChI=1S/C17H17F2N3O2S/c1-12-2-3-14(20-10-12)17(18,19)16(24)22-7-5-21(6-8-22)15(23)13-4-9-25-11-13/h2-4,9-11H,5-8H2,1H3. The van der Waals surface area contributed by atoms with Crippen molar-refractivity contribution in [2.24, 2.45) is 0 Å². The third-order valence-electron chi connectivity index (χ3n) is 4.12. The third-order valence-corrected chi connectivity index (χ3v) is 4.81. The lowest BCUT2D eigenvalue weighted by atomic mass is 10.1. The van der Waals surface area contributed by atoms with Gasteiger partial charge in [0.2, 0.25) is 0 Å². The van der Waals surface area contributed by atoms with Crippen LogP contribution >= 0.6 is 11.3 Å². The Hall–Kier alpha value is -2.35.